The normalized spacial score (nSPS) is 31.8. The average Bonchev–Trinajstić information content (AvgIpc) is 3.13. The first-order valence-corrected chi connectivity index (χ1v) is 11.0. The Labute approximate surface area is 170 Å². The van der Waals surface area contributed by atoms with Crippen LogP contribution in [0.4, 0.5) is 0 Å². The van der Waals surface area contributed by atoms with Crippen LogP contribution in [0.5, 0.6) is 0 Å². The molecule has 3 atom stereocenters. The summed E-state index contributed by atoms with van der Waals surface area (Å²) in [6.45, 7) is 14.3. The van der Waals surface area contributed by atoms with Crippen molar-refractivity contribution in [1.82, 2.24) is 15.5 Å². The molecule has 3 saturated heterocycles. The summed E-state index contributed by atoms with van der Waals surface area (Å²) in [7, 11) is 0. The number of carbonyl (C=O) groups excluding carboxylic acids is 1. The second kappa shape index (κ2) is 7.14. The number of aryl methyl sites for hydroxylation is 1. The standard InChI is InChI=1S/C24H37N3O/c1-16-8-6-7-9-19(16)22-20-14-25-13-18(20)15-27(22)21(28)10-17-11-23(2,3)26-24(4,5)12-17/h6-9,17-18,20,22,25-26H,10-15H2,1-5H3/t18-,20-,22-/m0/s1. The fourth-order valence-corrected chi connectivity index (χ4v) is 6.54. The number of amides is 1. The number of piperidine rings is 1. The maximum absolute atomic E-state index is 13.5. The van der Waals surface area contributed by atoms with E-state index in [9.17, 15) is 4.79 Å². The van der Waals surface area contributed by atoms with Crippen molar-refractivity contribution in [2.24, 2.45) is 17.8 Å². The lowest BCUT2D eigenvalue weighted by Crippen LogP contribution is -2.58. The molecule has 0 aromatic heterocycles. The fraction of sp³-hybridized carbons (Fsp3) is 0.708. The molecule has 1 aromatic rings. The smallest absolute Gasteiger partial charge is 0.223 e. The van der Waals surface area contributed by atoms with Crippen LogP contribution < -0.4 is 10.6 Å². The third-order valence-electron chi connectivity index (χ3n) is 7.13. The summed E-state index contributed by atoms with van der Waals surface area (Å²) in [5.41, 5.74) is 2.83. The third-order valence-corrected chi connectivity index (χ3v) is 7.13. The van der Waals surface area contributed by atoms with E-state index in [2.05, 4.69) is 74.4 Å². The number of hydrogen-bond acceptors (Lipinski definition) is 3. The fourth-order valence-electron chi connectivity index (χ4n) is 6.54. The summed E-state index contributed by atoms with van der Waals surface area (Å²) in [6.07, 6.45) is 2.82. The van der Waals surface area contributed by atoms with Crippen LogP contribution >= 0.6 is 0 Å². The SMILES string of the molecule is Cc1ccccc1[C@H]1[C@H]2CNC[C@H]2CN1C(=O)CC1CC(C)(C)NC(C)(C)C1. The van der Waals surface area contributed by atoms with Crippen molar-refractivity contribution in [2.45, 2.75) is 71.0 Å². The molecular formula is C24H37N3O. The maximum Gasteiger partial charge on any atom is 0.223 e. The lowest BCUT2D eigenvalue weighted by molar-refractivity contribution is -0.134. The molecule has 0 aliphatic carbocycles. The number of rotatable bonds is 3. The molecule has 1 amide bonds. The Morgan fingerprint density at radius 1 is 1.11 bits per heavy atom. The van der Waals surface area contributed by atoms with E-state index >= 15 is 0 Å². The van der Waals surface area contributed by atoms with E-state index < -0.39 is 0 Å². The molecule has 2 N–H and O–H groups in total. The predicted octanol–water partition coefficient (Wildman–Crippen LogP) is 3.66. The third kappa shape index (κ3) is 3.86. The minimum absolute atomic E-state index is 0.0908. The van der Waals surface area contributed by atoms with Crippen molar-refractivity contribution in [3.63, 3.8) is 0 Å². The summed E-state index contributed by atoms with van der Waals surface area (Å²) in [5.74, 6) is 1.96. The largest absolute Gasteiger partial charge is 0.335 e. The quantitative estimate of drug-likeness (QED) is 0.837. The molecule has 28 heavy (non-hydrogen) atoms. The lowest BCUT2D eigenvalue weighted by Gasteiger charge is -2.46. The van der Waals surface area contributed by atoms with E-state index in [0.717, 1.165) is 32.5 Å². The first-order valence-electron chi connectivity index (χ1n) is 11.0. The van der Waals surface area contributed by atoms with Crippen molar-refractivity contribution in [2.75, 3.05) is 19.6 Å². The van der Waals surface area contributed by atoms with Gasteiger partial charge in [0.25, 0.3) is 0 Å². The number of carbonyl (C=O) groups is 1. The van der Waals surface area contributed by atoms with Crippen LogP contribution in [0.3, 0.4) is 0 Å². The first-order chi connectivity index (χ1) is 13.2. The predicted molar refractivity (Wildman–Crippen MR) is 114 cm³/mol. The summed E-state index contributed by atoms with van der Waals surface area (Å²) >= 11 is 0. The second-order valence-electron chi connectivity index (χ2n) is 10.8. The number of hydrogen-bond donors (Lipinski definition) is 2. The summed E-state index contributed by atoms with van der Waals surface area (Å²) < 4.78 is 0. The molecule has 0 saturated carbocycles. The van der Waals surface area contributed by atoms with Gasteiger partial charge in [0.05, 0.1) is 6.04 Å². The molecule has 3 aliphatic rings. The van der Waals surface area contributed by atoms with E-state index in [1.54, 1.807) is 0 Å². The second-order valence-corrected chi connectivity index (χ2v) is 10.8. The Hall–Kier alpha value is -1.39. The highest BCUT2D eigenvalue weighted by atomic mass is 16.2. The Morgan fingerprint density at radius 2 is 1.79 bits per heavy atom. The van der Waals surface area contributed by atoms with Gasteiger partial charge in [0.1, 0.15) is 0 Å². The Balaban J connectivity index is 1.55. The molecule has 3 aliphatic heterocycles. The van der Waals surface area contributed by atoms with Gasteiger partial charge in [0, 0.05) is 43.1 Å². The van der Waals surface area contributed by atoms with Crippen molar-refractivity contribution in [3.05, 3.63) is 35.4 Å². The van der Waals surface area contributed by atoms with Gasteiger partial charge in [-0.3, -0.25) is 4.79 Å². The summed E-state index contributed by atoms with van der Waals surface area (Å²) in [5, 5.41) is 7.31. The molecule has 4 nitrogen and oxygen atoms in total. The summed E-state index contributed by atoms with van der Waals surface area (Å²) in [6, 6.07) is 8.88. The topological polar surface area (TPSA) is 44.4 Å². The molecule has 4 rings (SSSR count). The first kappa shape index (κ1) is 19.9. The van der Waals surface area contributed by atoms with Crippen molar-refractivity contribution < 1.29 is 4.79 Å². The van der Waals surface area contributed by atoms with Crippen molar-refractivity contribution >= 4 is 5.91 Å². The molecule has 154 valence electrons. The van der Waals surface area contributed by atoms with Gasteiger partial charge in [-0.15, -0.1) is 0 Å². The zero-order chi connectivity index (χ0) is 20.1. The minimum Gasteiger partial charge on any atom is -0.335 e. The zero-order valence-corrected chi connectivity index (χ0v) is 18.2. The Bertz CT molecular complexity index is 725. The van der Waals surface area contributed by atoms with Gasteiger partial charge >= 0.3 is 0 Å². The average molecular weight is 384 g/mol. The molecular weight excluding hydrogens is 346 g/mol. The number of nitrogens with one attached hydrogen (secondary N) is 2. The minimum atomic E-state index is 0.0908. The molecule has 1 aromatic carbocycles. The van der Waals surface area contributed by atoms with Crippen LogP contribution in [-0.4, -0.2) is 41.5 Å². The molecule has 0 radical (unpaired) electrons. The highest BCUT2D eigenvalue weighted by Gasteiger charge is 2.48. The van der Waals surface area contributed by atoms with Gasteiger partial charge in [0.2, 0.25) is 5.91 Å². The van der Waals surface area contributed by atoms with Crippen molar-refractivity contribution in [1.29, 1.82) is 0 Å². The van der Waals surface area contributed by atoms with E-state index in [4.69, 9.17) is 0 Å². The van der Waals surface area contributed by atoms with Crippen LogP contribution in [-0.2, 0) is 4.79 Å². The molecule has 3 fully saturated rings. The van der Waals surface area contributed by atoms with Crippen LogP contribution in [0.2, 0.25) is 0 Å². The molecule has 0 spiro atoms. The van der Waals surface area contributed by atoms with Gasteiger partial charge in [-0.2, -0.15) is 0 Å². The number of nitrogens with zero attached hydrogens (tertiary/aromatic N) is 1. The summed E-state index contributed by atoms with van der Waals surface area (Å²) in [4.78, 5) is 15.8. The van der Waals surface area contributed by atoms with Gasteiger partial charge < -0.3 is 15.5 Å². The van der Waals surface area contributed by atoms with Gasteiger partial charge in [-0.05, 0) is 70.4 Å². The van der Waals surface area contributed by atoms with Crippen LogP contribution in [0.25, 0.3) is 0 Å². The zero-order valence-electron chi connectivity index (χ0n) is 18.2. The van der Waals surface area contributed by atoms with E-state index in [1.165, 1.54) is 11.1 Å². The lowest BCUT2D eigenvalue weighted by atomic mass is 9.74. The molecule has 0 bridgehead atoms. The highest BCUT2D eigenvalue weighted by molar-refractivity contribution is 5.77. The monoisotopic (exact) mass is 383 g/mol. The molecule has 0 unspecified atom stereocenters. The molecule has 3 heterocycles. The van der Waals surface area contributed by atoms with Gasteiger partial charge in [-0.1, -0.05) is 24.3 Å². The van der Waals surface area contributed by atoms with E-state index in [-0.39, 0.29) is 17.1 Å². The maximum atomic E-state index is 13.5. The highest BCUT2D eigenvalue weighted by Crippen LogP contribution is 2.44. The Morgan fingerprint density at radius 3 is 2.46 bits per heavy atom. The number of likely N-dealkylation sites (tertiary alicyclic amines) is 1. The van der Waals surface area contributed by atoms with E-state index in [1.807, 2.05) is 0 Å². The van der Waals surface area contributed by atoms with E-state index in [0.29, 0.717) is 30.1 Å². The number of fused-ring (bicyclic) bond motifs is 1. The van der Waals surface area contributed by atoms with Crippen LogP contribution in [0, 0.1) is 24.7 Å². The number of benzene rings is 1. The molecule has 4 heteroatoms. The van der Waals surface area contributed by atoms with Gasteiger partial charge in [0.15, 0.2) is 0 Å². The van der Waals surface area contributed by atoms with Gasteiger partial charge in [-0.25, -0.2) is 0 Å². The van der Waals surface area contributed by atoms with Crippen LogP contribution in [0.15, 0.2) is 24.3 Å². The Kier molecular flexibility index (Phi) is 5.08. The van der Waals surface area contributed by atoms with Crippen LogP contribution in [0.1, 0.15) is 64.1 Å². The van der Waals surface area contributed by atoms with Crippen molar-refractivity contribution in [3.8, 4) is 0 Å².